The van der Waals surface area contributed by atoms with Crippen LogP contribution in [0.15, 0.2) is 12.1 Å². The van der Waals surface area contributed by atoms with Crippen LogP contribution in [0.3, 0.4) is 0 Å². The maximum Gasteiger partial charge on any atom is 0.169 e. The summed E-state index contributed by atoms with van der Waals surface area (Å²) in [5.74, 6) is 0.0298. The summed E-state index contributed by atoms with van der Waals surface area (Å²) < 4.78 is 19.8. The van der Waals surface area contributed by atoms with E-state index in [1.165, 1.54) is 7.11 Å². The van der Waals surface area contributed by atoms with Crippen LogP contribution in [0.5, 0.6) is 5.75 Å². The summed E-state index contributed by atoms with van der Waals surface area (Å²) in [5.41, 5.74) is 0.811. The predicted molar refractivity (Wildman–Crippen MR) is 85.9 cm³/mol. The standard InChI is InChI=1S/C17H22BrFO2/c1-17(10-4-3-5-11-18)14(20)9-7-12-6-8-13(21-2)16(19)15(12)17/h6,8H,3-5,7,9-11H2,1-2H3. The van der Waals surface area contributed by atoms with Crippen LogP contribution in [0.4, 0.5) is 4.39 Å². The number of unbranched alkanes of at least 4 members (excludes halogenated alkanes) is 2. The number of hydrogen-bond donors (Lipinski definition) is 0. The van der Waals surface area contributed by atoms with Crippen molar-refractivity contribution >= 4 is 21.7 Å². The number of methoxy groups -OCH3 is 1. The lowest BCUT2D eigenvalue weighted by Crippen LogP contribution is -2.38. The van der Waals surface area contributed by atoms with Gasteiger partial charge in [0.25, 0.3) is 0 Å². The topological polar surface area (TPSA) is 26.3 Å². The van der Waals surface area contributed by atoms with Gasteiger partial charge in [-0.25, -0.2) is 4.39 Å². The second kappa shape index (κ2) is 6.91. The molecule has 0 saturated carbocycles. The zero-order valence-corrected chi connectivity index (χ0v) is 14.3. The quantitative estimate of drug-likeness (QED) is 0.551. The molecule has 2 rings (SSSR count). The van der Waals surface area contributed by atoms with Gasteiger partial charge >= 0.3 is 0 Å². The van der Waals surface area contributed by atoms with Crippen LogP contribution in [0.1, 0.15) is 50.2 Å². The number of Topliss-reactive ketones (excluding diaryl/α,β-unsaturated/α-hetero) is 1. The highest BCUT2D eigenvalue weighted by Gasteiger charge is 2.41. The van der Waals surface area contributed by atoms with Gasteiger partial charge in [0.05, 0.1) is 12.5 Å². The van der Waals surface area contributed by atoms with Crippen LogP contribution in [0.25, 0.3) is 0 Å². The molecule has 1 unspecified atom stereocenters. The van der Waals surface area contributed by atoms with E-state index in [9.17, 15) is 9.18 Å². The fraction of sp³-hybridized carbons (Fsp3) is 0.588. The van der Waals surface area contributed by atoms with Crippen molar-refractivity contribution in [3.8, 4) is 5.75 Å². The third-order valence-electron chi connectivity index (χ3n) is 4.51. The van der Waals surface area contributed by atoms with Crippen molar-refractivity contribution < 1.29 is 13.9 Å². The molecule has 0 amide bonds. The molecule has 0 aliphatic heterocycles. The Morgan fingerprint density at radius 3 is 2.71 bits per heavy atom. The van der Waals surface area contributed by atoms with E-state index in [0.717, 1.165) is 30.2 Å². The summed E-state index contributed by atoms with van der Waals surface area (Å²) in [6.45, 7) is 1.89. The monoisotopic (exact) mass is 356 g/mol. The molecule has 0 heterocycles. The minimum atomic E-state index is -0.710. The minimum absolute atomic E-state index is 0.154. The summed E-state index contributed by atoms with van der Waals surface area (Å²) in [6, 6.07) is 3.57. The summed E-state index contributed by atoms with van der Waals surface area (Å²) in [6.07, 6.45) is 4.91. The Kier molecular flexibility index (Phi) is 5.42. The Bertz CT molecular complexity index is 530. The molecule has 0 spiro atoms. The van der Waals surface area contributed by atoms with E-state index in [4.69, 9.17) is 4.74 Å². The number of carbonyl (C=O) groups excluding carboxylic acids is 1. The summed E-state index contributed by atoms with van der Waals surface area (Å²) >= 11 is 3.41. The molecule has 0 N–H and O–H groups in total. The van der Waals surface area contributed by atoms with Gasteiger partial charge in [-0.3, -0.25) is 4.79 Å². The van der Waals surface area contributed by atoms with Crippen LogP contribution < -0.4 is 4.74 Å². The maximum atomic E-state index is 14.7. The van der Waals surface area contributed by atoms with E-state index >= 15 is 0 Å². The molecular weight excluding hydrogens is 335 g/mol. The van der Waals surface area contributed by atoms with E-state index in [1.54, 1.807) is 6.07 Å². The van der Waals surface area contributed by atoms with Crippen molar-refractivity contribution in [2.24, 2.45) is 0 Å². The van der Waals surface area contributed by atoms with Crippen LogP contribution in [0, 0.1) is 5.82 Å². The number of rotatable bonds is 6. The van der Waals surface area contributed by atoms with E-state index in [2.05, 4.69) is 15.9 Å². The summed E-state index contributed by atoms with van der Waals surface area (Å²) in [5, 5.41) is 0.969. The zero-order chi connectivity index (χ0) is 15.5. The first-order chi connectivity index (χ1) is 10.0. The molecule has 0 aromatic heterocycles. The van der Waals surface area contributed by atoms with E-state index in [0.29, 0.717) is 24.8 Å². The lowest BCUT2D eigenvalue weighted by atomic mass is 9.67. The first-order valence-electron chi connectivity index (χ1n) is 7.49. The van der Waals surface area contributed by atoms with Crippen molar-refractivity contribution in [2.75, 3.05) is 12.4 Å². The Morgan fingerprint density at radius 1 is 1.29 bits per heavy atom. The number of benzene rings is 1. The SMILES string of the molecule is COc1ccc2c(c1F)C(C)(CCCCCBr)C(=O)CC2. The number of alkyl halides is 1. The number of hydrogen-bond acceptors (Lipinski definition) is 2. The van der Waals surface area contributed by atoms with Gasteiger partial charge in [0.15, 0.2) is 11.6 Å². The van der Waals surface area contributed by atoms with Gasteiger partial charge in [0.2, 0.25) is 0 Å². The molecule has 1 aliphatic carbocycles. The fourth-order valence-corrected chi connectivity index (χ4v) is 3.63. The highest BCUT2D eigenvalue weighted by molar-refractivity contribution is 9.09. The van der Waals surface area contributed by atoms with Crippen molar-refractivity contribution in [1.82, 2.24) is 0 Å². The number of ketones is 1. The molecule has 0 saturated heterocycles. The number of aryl methyl sites for hydroxylation is 1. The number of fused-ring (bicyclic) bond motifs is 1. The van der Waals surface area contributed by atoms with Crippen LogP contribution in [-0.4, -0.2) is 18.2 Å². The molecule has 1 atom stereocenters. The highest BCUT2D eigenvalue weighted by atomic mass is 79.9. The van der Waals surface area contributed by atoms with Crippen molar-refractivity contribution in [1.29, 1.82) is 0 Å². The highest BCUT2D eigenvalue weighted by Crippen LogP contribution is 2.42. The second-order valence-corrected chi connectivity index (χ2v) is 6.66. The molecule has 1 aromatic rings. The molecule has 0 fully saturated rings. The fourth-order valence-electron chi connectivity index (χ4n) is 3.24. The van der Waals surface area contributed by atoms with Crippen molar-refractivity contribution in [2.45, 2.75) is 50.9 Å². The average molecular weight is 357 g/mol. The Morgan fingerprint density at radius 2 is 2.05 bits per heavy atom. The summed E-state index contributed by atoms with van der Waals surface area (Å²) in [7, 11) is 1.46. The number of carbonyl (C=O) groups is 1. The lowest BCUT2D eigenvalue weighted by Gasteiger charge is -2.35. The van der Waals surface area contributed by atoms with Gasteiger partial charge in [-0.05, 0) is 37.8 Å². The average Bonchev–Trinajstić information content (AvgIpc) is 2.48. The Balaban J connectivity index is 2.36. The molecule has 1 aliphatic rings. The van der Waals surface area contributed by atoms with Gasteiger partial charge in [0, 0.05) is 17.3 Å². The molecular formula is C17H22BrFO2. The molecule has 0 radical (unpaired) electrons. The Hall–Kier alpha value is -0.900. The van der Waals surface area contributed by atoms with Gasteiger partial charge in [-0.1, -0.05) is 34.8 Å². The van der Waals surface area contributed by atoms with E-state index < -0.39 is 5.41 Å². The number of halogens is 2. The van der Waals surface area contributed by atoms with Gasteiger partial charge in [0.1, 0.15) is 5.78 Å². The third-order valence-corrected chi connectivity index (χ3v) is 5.07. The minimum Gasteiger partial charge on any atom is -0.494 e. The predicted octanol–water partition coefficient (Wildman–Crippen LogP) is 4.56. The maximum absolute atomic E-state index is 14.7. The van der Waals surface area contributed by atoms with Crippen molar-refractivity contribution in [3.63, 3.8) is 0 Å². The first kappa shape index (κ1) is 16.5. The van der Waals surface area contributed by atoms with Gasteiger partial charge in [-0.15, -0.1) is 0 Å². The number of ether oxygens (including phenoxy) is 1. The normalized spacial score (nSPS) is 21.2. The molecule has 21 heavy (non-hydrogen) atoms. The zero-order valence-electron chi connectivity index (χ0n) is 12.7. The van der Waals surface area contributed by atoms with Crippen LogP contribution in [0.2, 0.25) is 0 Å². The molecule has 2 nitrogen and oxygen atoms in total. The second-order valence-electron chi connectivity index (χ2n) is 5.87. The summed E-state index contributed by atoms with van der Waals surface area (Å²) in [4.78, 5) is 12.5. The first-order valence-corrected chi connectivity index (χ1v) is 8.62. The van der Waals surface area contributed by atoms with Crippen molar-refractivity contribution in [3.05, 3.63) is 29.1 Å². The molecule has 1 aromatic carbocycles. The molecule has 0 bridgehead atoms. The molecule has 4 heteroatoms. The largest absolute Gasteiger partial charge is 0.494 e. The van der Waals surface area contributed by atoms with E-state index in [1.807, 2.05) is 13.0 Å². The van der Waals surface area contributed by atoms with Gasteiger partial charge < -0.3 is 4.74 Å². The lowest BCUT2D eigenvalue weighted by molar-refractivity contribution is -0.125. The smallest absolute Gasteiger partial charge is 0.169 e. The van der Waals surface area contributed by atoms with Gasteiger partial charge in [-0.2, -0.15) is 0 Å². The molecule has 116 valence electrons. The Labute approximate surface area is 134 Å². The van der Waals surface area contributed by atoms with E-state index in [-0.39, 0.29) is 17.3 Å². The third kappa shape index (κ3) is 3.15. The van der Waals surface area contributed by atoms with Crippen LogP contribution in [-0.2, 0) is 16.6 Å². The van der Waals surface area contributed by atoms with Crippen LogP contribution >= 0.6 is 15.9 Å².